The Hall–Kier alpha value is -2.87. The lowest BCUT2D eigenvalue weighted by molar-refractivity contribution is 0.0782. The summed E-state index contributed by atoms with van der Waals surface area (Å²) in [4.78, 5) is 47.2. The fourth-order valence-corrected chi connectivity index (χ4v) is 4.07. The molecule has 134 valence electrons. The summed E-state index contributed by atoms with van der Waals surface area (Å²) >= 11 is 1.25. The number of piperidine rings is 1. The van der Waals surface area contributed by atoms with Gasteiger partial charge in [-0.15, -0.1) is 11.3 Å². The van der Waals surface area contributed by atoms with Crippen LogP contribution in [0.1, 0.15) is 19.3 Å². The molecule has 1 saturated heterocycles. The van der Waals surface area contributed by atoms with Crippen LogP contribution in [-0.4, -0.2) is 33.8 Å². The second-order valence-corrected chi connectivity index (χ2v) is 7.21. The van der Waals surface area contributed by atoms with Gasteiger partial charge < -0.3 is 14.7 Å². The predicted octanol–water partition coefficient (Wildman–Crippen LogP) is 2.45. The molecule has 0 bridgehead atoms. The molecule has 1 fully saturated rings. The predicted molar refractivity (Wildman–Crippen MR) is 99.5 cm³/mol. The number of carbonyl (C=O) groups excluding carboxylic acids is 1. The smallest absolute Gasteiger partial charge is 0.309 e. The molecule has 2 aromatic heterocycles. The van der Waals surface area contributed by atoms with Crippen LogP contribution in [0.3, 0.4) is 0 Å². The van der Waals surface area contributed by atoms with Gasteiger partial charge in [0.05, 0.1) is 5.52 Å². The van der Waals surface area contributed by atoms with Gasteiger partial charge in [0.2, 0.25) is 0 Å². The molecule has 0 radical (unpaired) electrons. The zero-order valence-corrected chi connectivity index (χ0v) is 14.8. The van der Waals surface area contributed by atoms with Gasteiger partial charge in [-0.25, -0.2) is 9.59 Å². The number of nitrogens with one attached hydrogen (secondary N) is 1. The Morgan fingerprint density at radius 3 is 2.54 bits per heavy atom. The van der Waals surface area contributed by atoms with Gasteiger partial charge in [0.25, 0.3) is 0 Å². The molecule has 1 N–H and O–H groups in total. The third-order valence-electron chi connectivity index (χ3n) is 4.38. The lowest BCUT2D eigenvalue weighted by Gasteiger charge is -2.25. The first-order valence-electron chi connectivity index (χ1n) is 8.45. The van der Waals surface area contributed by atoms with Gasteiger partial charge in [0.15, 0.2) is 0 Å². The quantitative estimate of drug-likeness (QED) is 0.750. The fourth-order valence-electron chi connectivity index (χ4n) is 3.03. The van der Waals surface area contributed by atoms with E-state index in [1.807, 2.05) is 30.3 Å². The molecule has 1 aromatic carbocycles. The van der Waals surface area contributed by atoms with Crippen LogP contribution in [-0.2, 0) is 0 Å². The third-order valence-corrected chi connectivity index (χ3v) is 5.55. The number of aromatic nitrogens is 2. The minimum atomic E-state index is -0.759. The van der Waals surface area contributed by atoms with Gasteiger partial charge in [-0.05, 0) is 30.9 Å². The van der Waals surface area contributed by atoms with E-state index in [-0.39, 0.29) is 0 Å². The number of hydrogen-bond acceptors (Lipinski definition) is 5. The second kappa shape index (κ2) is 6.80. The number of benzene rings is 1. The standard InChI is InChI=1S/C18H17N3O4S/c22-16-15-13(11-14(26-15)12-7-3-1-4-8-12)19-17(23)21(16)25-18(24)20-9-5-2-6-10-20/h1,3-4,7-8,11H,2,5-6,9-10H2,(H,19,23). The van der Waals surface area contributed by atoms with Crippen LogP contribution in [0.5, 0.6) is 0 Å². The van der Waals surface area contributed by atoms with E-state index < -0.39 is 17.3 Å². The highest BCUT2D eigenvalue weighted by molar-refractivity contribution is 7.22. The highest BCUT2D eigenvalue weighted by atomic mass is 32.1. The molecule has 0 aliphatic carbocycles. The molecule has 1 amide bonds. The molecule has 3 heterocycles. The van der Waals surface area contributed by atoms with Crippen LogP contribution < -0.4 is 16.1 Å². The molecule has 0 unspecified atom stereocenters. The number of H-pyrrole nitrogens is 1. The summed E-state index contributed by atoms with van der Waals surface area (Å²) in [7, 11) is 0. The summed E-state index contributed by atoms with van der Waals surface area (Å²) in [6.45, 7) is 1.15. The number of hydrogen-bond donors (Lipinski definition) is 1. The van der Waals surface area contributed by atoms with Crippen molar-refractivity contribution in [2.75, 3.05) is 13.1 Å². The van der Waals surface area contributed by atoms with E-state index in [9.17, 15) is 14.4 Å². The average Bonchev–Trinajstić information content (AvgIpc) is 3.10. The van der Waals surface area contributed by atoms with Crippen molar-refractivity contribution in [1.82, 2.24) is 14.6 Å². The van der Waals surface area contributed by atoms with E-state index in [1.165, 1.54) is 16.2 Å². The lowest BCUT2D eigenvalue weighted by atomic mass is 10.1. The minimum absolute atomic E-state index is 0.342. The number of fused-ring (bicyclic) bond motifs is 1. The number of rotatable bonds is 2. The Labute approximate surface area is 152 Å². The van der Waals surface area contributed by atoms with Crippen molar-refractivity contribution in [2.24, 2.45) is 0 Å². The molecule has 0 atom stereocenters. The van der Waals surface area contributed by atoms with Crippen molar-refractivity contribution in [1.29, 1.82) is 0 Å². The van der Waals surface area contributed by atoms with Crippen molar-refractivity contribution in [2.45, 2.75) is 19.3 Å². The first-order chi connectivity index (χ1) is 12.6. The van der Waals surface area contributed by atoms with Crippen LogP contribution in [0.25, 0.3) is 20.7 Å². The molecule has 1 aliphatic rings. The molecule has 0 saturated carbocycles. The number of carbonyl (C=O) groups is 1. The fraction of sp³-hybridized carbons (Fsp3) is 0.278. The zero-order valence-electron chi connectivity index (χ0n) is 13.9. The molecule has 0 spiro atoms. The van der Waals surface area contributed by atoms with Gasteiger partial charge in [-0.1, -0.05) is 35.1 Å². The Balaban J connectivity index is 1.71. The molecular weight excluding hydrogens is 354 g/mol. The summed E-state index contributed by atoms with van der Waals surface area (Å²) in [6.07, 6.45) is 2.18. The maximum atomic E-state index is 12.7. The Bertz CT molecular complexity index is 1060. The zero-order chi connectivity index (χ0) is 18.1. The first kappa shape index (κ1) is 16.6. The van der Waals surface area contributed by atoms with E-state index in [1.54, 1.807) is 6.07 Å². The molecule has 26 heavy (non-hydrogen) atoms. The number of likely N-dealkylation sites (tertiary alicyclic amines) is 1. The number of thiophene rings is 1. The first-order valence-corrected chi connectivity index (χ1v) is 9.27. The van der Waals surface area contributed by atoms with Crippen molar-refractivity contribution < 1.29 is 9.63 Å². The summed E-state index contributed by atoms with van der Waals surface area (Å²) in [5.74, 6) is 0. The SMILES string of the molecule is O=C(On1c(=O)[nH]c2cc(-c3ccccc3)sc2c1=O)N1CCCCC1. The molecule has 7 nitrogen and oxygen atoms in total. The number of aromatic amines is 1. The Kier molecular flexibility index (Phi) is 4.34. The minimum Gasteiger partial charge on any atom is -0.309 e. The number of nitrogens with zero attached hydrogens (tertiary/aromatic N) is 2. The maximum absolute atomic E-state index is 12.7. The molecule has 4 rings (SSSR count). The topological polar surface area (TPSA) is 84.4 Å². The Morgan fingerprint density at radius 1 is 1.08 bits per heavy atom. The van der Waals surface area contributed by atoms with Gasteiger partial charge in [-0.3, -0.25) is 4.79 Å². The second-order valence-electron chi connectivity index (χ2n) is 6.15. The summed E-state index contributed by atoms with van der Waals surface area (Å²) in [5.41, 5.74) is 0.00602. The van der Waals surface area contributed by atoms with Crippen LogP contribution >= 0.6 is 11.3 Å². The average molecular weight is 371 g/mol. The summed E-state index contributed by atoms with van der Waals surface area (Å²) in [6, 6.07) is 11.3. The normalized spacial score (nSPS) is 14.5. The van der Waals surface area contributed by atoms with Gasteiger partial charge in [0, 0.05) is 18.0 Å². The maximum Gasteiger partial charge on any atom is 0.434 e. The van der Waals surface area contributed by atoms with Crippen molar-refractivity contribution in [3.8, 4) is 10.4 Å². The van der Waals surface area contributed by atoms with Crippen molar-refractivity contribution in [3.63, 3.8) is 0 Å². The highest BCUT2D eigenvalue weighted by Gasteiger charge is 2.21. The van der Waals surface area contributed by atoms with E-state index in [2.05, 4.69) is 4.98 Å². The van der Waals surface area contributed by atoms with Gasteiger partial charge in [-0.2, -0.15) is 0 Å². The van der Waals surface area contributed by atoms with Crippen LogP contribution in [0.15, 0.2) is 46.0 Å². The highest BCUT2D eigenvalue weighted by Crippen LogP contribution is 2.30. The summed E-state index contributed by atoms with van der Waals surface area (Å²) < 4.78 is 0.861. The van der Waals surface area contributed by atoms with Crippen LogP contribution in [0.2, 0.25) is 0 Å². The largest absolute Gasteiger partial charge is 0.434 e. The molecule has 8 heteroatoms. The Morgan fingerprint density at radius 2 is 1.81 bits per heavy atom. The number of amides is 1. The summed E-state index contributed by atoms with van der Waals surface area (Å²) in [5, 5.41) is 0. The van der Waals surface area contributed by atoms with Gasteiger partial charge >= 0.3 is 17.3 Å². The molecular formula is C18H17N3O4S. The van der Waals surface area contributed by atoms with Crippen LogP contribution in [0, 0.1) is 0 Å². The van der Waals surface area contributed by atoms with E-state index in [4.69, 9.17) is 4.84 Å². The van der Waals surface area contributed by atoms with Crippen LogP contribution in [0.4, 0.5) is 4.79 Å². The van der Waals surface area contributed by atoms with Crippen molar-refractivity contribution >= 4 is 27.6 Å². The van der Waals surface area contributed by atoms with E-state index >= 15 is 0 Å². The van der Waals surface area contributed by atoms with E-state index in [0.29, 0.717) is 28.0 Å². The van der Waals surface area contributed by atoms with Gasteiger partial charge in [0.1, 0.15) is 4.70 Å². The monoisotopic (exact) mass is 371 g/mol. The molecule has 3 aromatic rings. The van der Waals surface area contributed by atoms with E-state index in [0.717, 1.165) is 29.7 Å². The molecule has 1 aliphatic heterocycles. The lowest BCUT2D eigenvalue weighted by Crippen LogP contribution is -2.47. The van der Waals surface area contributed by atoms with Crippen molar-refractivity contribution in [3.05, 3.63) is 57.2 Å². The third kappa shape index (κ3) is 3.03.